The van der Waals surface area contributed by atoms with E-state index in [1.54, 1.807) is 18.2 Å². The minimum absolute atomic E-state index is 0.0389. The Balaban J connectivity index is 1.71. The fraction of sp³-hybridized carbons (Fsp3) is 0.214. The van der Waals surface area contributed by atoms with E-state index in [2.05, 4.69) is 0 Å². The molecule has 0 bridgehead atoms. The van der Waals surface area contributed by atoms with Crippen LogP contribution in [0.15, 0.2) is 66.2 Å². The minimum Gasteiger partial charge on any atom is -0.507 e. The summed E-state index contributed by atoms with van der Waals surface area (Å²) in [5.74, 6) is -4.23. The summed E-state index contributed by atoms with van der Waals surface area (Å²) in [4.78, 5) is 27.5. The van der Waals surface area contributed by atoms with Crippen molar-refractivity contribution >= 4 is 23.1 Å². The van der Waals surface area contributed by atoms with Crippen LogP contribution in [0.2, 0.25) is 0 Å². The molecule has 3 aromatic rings. The lowest BCUT2D eigenvalue weighted by atomic mass is 9.88. The molecular weight excluding hydrogens is 436 g/mol. The number of amides is 1. The molecule has 0 saturated carbocycles. The van der Waals surface area contributed by atoms with Gasteiger partial charge in [0.25, 0.3) is 11.7 Å². The summed E-state index contributed by atoms with van der Waals surface area (Å²) in [6.45, 7) is 1.87. The number of carbonyl (C=O) groups excluding carboxylic acids is 2. The first-order valence-electron chi connectivity index (χ1n) is 11.3. The van der Waals surface area contributed by atoms with Gasteiger partial charge in [-0.25, -0.2) is 8.78 Å². The van der Waals surface area contributed by atoms with E-state index in [4.69, 9.17) is 0 Å². The van der Waals surface area contributed by atoms with Crippen molar-refractivity contribution in [1.82, 2.24) is 0 Å². The van der Waals surface area contributed by atoms with Crippen LogP contribution in [0, 0.1) is 18.6 Å². The van der Waals surface area contributed by atoms with Gasteiger partial charge in [0.1, 0.15) is 5.76 Å². The summed E-state index contributed by atoms with van der Waals surface area (Å²) >= 11 is 0. The molecule has 1 atom stereocenters. The van der Waals surface area contributed by atoms with Gasteiger partial charge in [-0.2, -0.15) is 0 Å². The maximum atomic E-state index is 14.1. The van der Waals surface area contributed by atoms with Gasteiger partial charge >= 0.3 is 0 Å². The number of aliphatic hydroxyl groups excluding tert-OH is 1. The Morgan fingerprint density at radius 1 is 0.912 bits per heavy atom. The summed E-state index contributed by atoms with van der Waals surface area (Å²) in [5.41, 5.74) is 4.25. The van der Waals surface area contributed by atoms with E-state index in [1.165, 1.54) is 11.6 Å². The van der Waals surface area contributed by atoms with E-state index in [-0.39, 0.29) is 17.0 Å². The lowest BCUT2D eigenvalue weighted by Crippen LogP contribution is -2.29. The van der Waals surface area contributed by atoms with Gasteiger partial charge in [0.2, 0.25) is 0 Å². The third-order valence-electron chi connectivity index (χ3n) is 6.61. The standard InChI is InChI=1S/C28H23F2NO3/c1-16-5-4-8-19(13-16)25-24(26(32)20-10-9-17-6-2-3-7-18(17)14-20)27(33)28(34)31(25)21-11-12-22(29)23(30)15-21/h4-5,8-15,25,32H,2-3,6-7H2,1H3/b26-24-. The maximum absolute atomic E-state index is 14.1. The summed E-state index contributed by atoms with van der Waals surface area (Å²) in [6.07, 6.45) is 4.03. The first kappa shape index (κ1) is 22.0. The lowest BCUT2D eigenvalue weighted by molar-refractivity contribution is -0.132. The molecule has 2 aliphatic rings. The van der Waals surface area contributed by atoms with E-state index in [9.17, 15) is 23.5 Å². The van der Waals surface area contributed by atoms with E-state index < -0.39 is 29.4 Å². The highest BCUT2D eigenvalue weighted by Gasteiger charge is 2.47. The second-order valence-corrected chi connectivity index (χ2v) is 8.87. The molecule has 0 aromatic heterocycles. The molecule has 172 valence electrons. The quantitative estimate of drug-likeness (QED) is 0.307. The van der Waals surface area contributed by atoms with E-state index in [1.807, 2.05) is 31.2 Å². The van der Waals surface area contributed by atoms with Gasteiger partial charge in [0.05, 0.1) is 11.6 Å². The maximum Gasteiger partial charge on any atom is 0.300 e. The monoisotopic (exact) mass is 459 g/mol. The van der Waals surface area contributed by atoms with Crippen molar-refractivity contribution in [2.45, 2.75) is 38.6 Å². The zero-order valence-electron chi connectivity index (χ0n) is 18.6. The third-order valence-corrected chi connectivity index (χ3v) is 6.61. The van der Waals surface area contributed by atoms with Crippen LogP contribution in [-0.4, -0.2) is 16.8 Å². The number of carbonyl (C=O) groups is 2. The number of benzene rings is 3. The normalized spacial score (nSPS) is 19.4. The molecule has 1 saturated heterocycles. The van der Waals surface area contributed by atoms with Gasteiger partial charge in [0.15, 0.2) is 11.6 Å². The molecule has 1 fully saturated rings. The highest BCUT2D eigenvalue weighted by atomic mass is 19.2. The Bertz CT molecular complexity index is 1360. The predicted octanol–water partition coefficient (Wildman–Crippen LogP) is 5.78. The van der Waals surface area contributed by atoms with Crippen LogP contribution in [0.1, 0.15) is 46.7 Å². The van der Waals surface area contributed by atoms with Crippen molar-refractivity contribution in [1.29, 1.82) is 0 Å². The van der Waals surface area contributed by atoms with Gasteiger partial charge in [0, 0.05) is 17.3 Å². The zero-order valence-corrected chi connectivity index (χ0v) is 18.6. The van der Waals surface area contributed by atoms with Gasteiger partial charge in [-0.15, -0.1) is 0 Å². The molecule has 1 amide bonds. The first-order chi connectivity index (χ1) is 16.3. The molecule has 1 unspecified atom stereocenters. The van der Waals surface area contributed by atoms with Crippen LogP contribution in [-0.2, 0) is 22.4 Å². The second-order valence-electron chi connectivity index (χ2n) is 8.87. The third kappa shape index (κ3) is 3.69. The minimum atomic E-state index is -1.13. The smallest absolute Gasteiger partial charge is 0.300 e. The highest BCUT2D eigenvalue weighted by molar-refractivity contribution is 6.51. The Hall–Kier alpha value is -3.80. The molecule has 34 heavy (non-hydrogen) atoms. The fourth-order valence-electron chi connectivity index (χ4n) is 4.93. The fourth-order valence-corrected chi connectivity index (χ4v) is 4.93. The average Bonchev–Trinajstić information content (AvgIpc) is 3.10. The average molecular weight is 459 g/mol. The number of anilines is 1. The summed E-state index contributed by atoms with van der Waals surface area (Å²) in [6, 6.07) is 14.9. The molecule has 1 heterocycles. The molecule has 1 N–H and O–H groups in total. The van der Waals surface area contributed by atoms with Gasteiger partial charge in [-0.3, -0.25) is 14.5 Å². The van der Waals surface area contributed by atoms with Gasteiger partial charge in [-0.1, -0.05) is 42.0 Å². The second kappa shape index (κ2) is 8.52. The summed E-state index contributed by atoms with van der Waals surface area (Å²) in [7, 11) is 0. The molecule has 0 spiro atoms. The van der Waals surface area contributed by atoms with Crippen molar-refractivity contribution in [2.24, 2.45) is 0 Å². The van der Waals surface area contributed by atoms with Gasteiger partial charge < -0.3 is 5.11 Å². The number of hydrogen-bond acceptors (Lipinski definition) is 3. The molecule has 5 rings (SSSR count). The Morgan fingerprint density at radius 3 is 2.41 bits per heavy atom. The number of halogens is 2. The number of fused-ring (bicyclic) bond motifs is 1. The SMILES string of the molecule is Cc1cccc(C2/C(=C(/O)c3ccc4c(c3)CCCC4)C(=O)C(=O)N2c2ccc(F)c(F)c2)c1. The van der Waals surface area contributed by atoms with Crippen LogP contribution in [0.3, 0.4) is 0 Å². The van der Waals surface area contributed by atoms with Crippen molar-refractivity contribution in [2.75, 3.05) is 4.90 Å². The molecule has 1 aliphatic heterocycles. The Morgan fingerprint density at radius 2 is 1.68 bits per heavy atom. The van der Waals surface area contributed by atoms with Crippen LogP contribution in [0.5, 0.6) is 0 Å². The molecule has 1 aliphatic carbocycles. The zero-order chi connectivity index (χ0) is 24.0. The van der Waals surface area contributed by atoms with E-state index in [0.29, 0.717) is 11.1 Å². The number of hydrogen-bond donors (Lipinski definition) is 1. The Labute approximate surface area is 196 Å². The molecule has 4 nitrogen and oxygen atoms in total. The van der Waals surface area contributed by atoms with Crippen molar-refractivity contribution in [3.05, 3.63) is 106 Å². The van der Waals surface area contributed by atoms with Crippen LogP contribution >= 0.6 is 0 Å². The number of ketones is 1. The van der Waals surface area contributed by atoms with Gasteiger partial charge in [-0.05, 0) is 67.5 Å². The topological polar surface area (TPSA) is 57.6 Å². The molecule has 6 heteroatoms. The summed E-state index contributed by atoms with van der Waals surface area (Å²) < 4.78 is 27.7. The summed E-state index contributed by atoms with van der Waals surface area (Å²) in [5, 5.41) is 11.3. The van der Waals surface area contributed by atoms with Crippen molar-refractivity contribution in [3.8, 4) is 0 Å². The molecule has 0 radical (unpaired) electrons. The van der Waals surface area contributed by atoms with E-state index >= 15 is 0 Å². The largest absolute Gasteiger partial charge is 0.507 e. The first-order valence-corrected chi connectivity index (χ1v) is 11.3. The molecule has 3 aromatic carbocycles. The number of aliphatic hydroxyl groups is 1. The van der Waals surface area contributed by atoms with Crippen LogP contribution in [0.25, 0.3) is 5.76 Å². The Kier molecular flexibility index (Phi) is 5.52. The predicted molar refractivity (Wildman–Crippen MR) is 125 cm³/mol. The van der Waals surface area contributed by atoms with Crippen molar-refractivity contribution in [3.63, 3.8) is 0 Å². The molecular formula is C28H23F2NO3. The lowest BCUT2D eigenvalue weighted by Gasteiger charge is -2.26. The number of rotatable bonds is 3. The van der Waals surface area contributed by atoms with Crippen LogP contribution < -0.4 is 4.90 Å². The van der Waals surface area contributed by atoms with E-state index in [0.717, 1.165) is 53.8 Å². The number of nitrogens with zero attached hydrogens (tertiary/aromatic N) is 1. The van der Waals surface area contributed by atoms with Crippen molar-refractivity contribution < 1.29 is 23.5 Å². The number of Topliss-reactive ketones (excluding diaryl/α,β-unsaturated/α-hetero) is 1. The highest BCUT2D eigenvalue weighted by Crippen LogP contribution is 2.43. The van der Waals surface area contributed by atoms with Crippen LogP contribution in [0.4, 0.5) is 14.5 Å². The number of aryl methyl sites for hydroxylation is 3.